The van der Waals surface area contributed by atoms with E-state index in [4.69, 9.17) is 4.55 Å². The summed E-state index contributed by atoms with van der Waals surface area (Å²) in [4.78, 5) is 0. The number of thiol groups is 1. The zero-order valence-electron chi connectivity index (χ0n) is 5.91. The first kappa shape index (κ1) is 10.3. The molecule has 0 radical (unpaired) electrons. The van der Waals surface area contributed by atoms with Crippen molar-refractivity contribution in [1.82, 2.24) is 0 Å². The lowest BCUT2D eigenvalue weighted by Gasteiger charge is -2.07. The largest absolute Gasteiger partial charge is 0.285 e. The SMILES string of the molecule is O=S1(=O)C[C@@H](S)[C@H](S(=O)(=O)O)C1. The fourth-order valence-electron chi connectivity index (χ4n) is 1.08. The van der Waals surface area contributed by atoms with Gasteiger partial charge in [0.15, 0.2) is 9.84 Å². The third kappa shape index (κ3) is 2.12. The van der Waals surface area contributed by atoms with E-state index in [2.05, 4.69) is 12.6 Å². The Hall–Kier alpha value is 0.210. The van der Waals surface area contributed by atoms with Gasteiger partial charge in [0.25, 0.3) is 10.1 Å². The summed E-state index contributed by atoms with van der Waals surface area (Å²) in [6.07, 6.45) is 0. The van der Waals surface area contributed by atoms with E-state index >= 15 is 0 Å². The molecule has 0 aromatic rings. The summed E-state index contributed by atoms with van der Waals surface area (Å²) < 4.78 is 51.5. The highest BCUT2D eigenvalue weighted by Gasteiger charge is 2.42. The summed E-state index contributed by atoms with van der Waals surface area (Å²) in [5.41, 5.74) is 0. The summed E-state index contributed by atoms with van der Waals surface area (Å²) >= 11 is 3.78. The number of hydrogen-bond donors (Lipinski definition) is 2. The zero-order chi connectivity index (χ0) is 9.57. The first-order chi connectivity index (χ1) is 5.22. The third-order valence-corrected chi connectivity index (χ3v) is 5.85. The molecule has 0 unspecified atom stereocenters. The smallest absolute Gasteiger partial charge is 0.269 e. The summed E-state index contributed by atoms with van der Waals surface area (Å²) in [5, 5.41) is -2.09. The molecular formula is C4H8O5S3. The Kier molecular flexibility index (Phi) is 2.45. The van der Waals surface area contributed by atoms with Crippen LogP contribution in [0.25, 0.3) is 0 Å². The van der Waals surface area contributed by atoms with E-state index in [0.29, 0.717) is 0 Å². The Balaban J connectivity index is 3.01. The maximum Gasteiger partial charge on any atom is 0.269 e. The second kappa shape index (κ2) is 2.86. The molecule has 1 aliphatic heterocycles. The van der Waals surface area contributed by atoms with Crippen LogP contribution in [-0.4, -0.2) is 43.4 Å². The van der Waals surface area contributed by atoms with Crippen LogP contribution in [0.2, 0.25) is 0 Å². The molecule has 1 fully saturated rings. The van der Waals surface area contributed by atoms with Crippen molar-refractivity contribution in [3.05, 3.63) is 0 Å². The van der Waals surface area contributed by atoms with Crippen LogP contribution in [0.3, 0.4) is 0 Å². The highest BCUT2D eigenvalue weighted by Crippen LogP contribution is 2.22. The van der Waals surface area contributed by atoms with Crippen LogP contribution >= 0.6 is 12.6 Å². The van der Waals surface area contributed by atoms with Crippen LogP contribution < -0.4 is 0 Å². The van der Waals surface area contributed by atoms with Gasteiger partial charge < -0.3 is 0 Å². The molecule has 8 heteroatoms. The third-order valence-electron chi connectivity index (χ3n) is 1.65. The van der Waals surface area contributed by atoms with Crippen molar-refractivity contribution < 1.29 is 21.4 Å². The van der Waals surface area contributed by atoms with Gasteiger partial charge in [-0.15, -0.1) is 0 Å². The Labute approximate surface area is 76.2 Å². The maximum absolute atomic E-state index is 10.9. The highest BCUT2D eigenvalue weighted by atomic mass is 32.2. The van der Waals surface area contributed by atoms with Crippen LogP contribution in [0.5, 0.6) is 0 Å². The first-order valence-electron chi connectivity index (χ1n) is 3.07. The summed E-state index contributed by atoms with van der Waals surface area (Å²) in [7, 11) is -7.62. The Bertz CT molecular complexity index is 365. The van der Waals surface area contributed by atoms with Gasteiger partial charge in [0.1, 0.15) is 5.25 Å². The standard InChI is InChI=1S/C4H8O5S3/c5-11(6)1-3(10)4(2-11)12(7,8)9/h3-4,10H,1-2H2,(H,7,8,9)/t3-,4-/m1/s1. The van der Waals surface area contributed by atoms with Gasteiger partial charge >= 0.3 is 0 Å². The highest BCUT2D eigenvalue weighted by molar-refractivity contribution is 7.96. The first-order valence-corrected chi connectivity index (χ1v) is 6.91. The molecule has 12 heavy (non-hydrogen) atoms. The summed E-state index contributed by atoms with van der Waals surface area (Å²) in [5.74, 6) is -0.819. The topological polar surface area (TPSA) is 88.5 Å². The molecule has 2 atom stereocenters. The summed E-state index contributed by atoms with van der Waals surface area (Å²) in [6.45, 7) is 0. The van der Waals surface area contributed by atoms with Crippen LogP contribution in [-0.2, 0) is 20.0 Å². The van der Waals surface area contributed by atoms with Gasteiger partial charge in [-0.3, -0.25) is 4.55 Å². The molecule has 1 saturated heterocycles. The van der Waals surface area contributed by atoms with Crippen LogP contribution in [0.4, 0.5) is 0 Å². The van der Waals surface area contributed by atoms with Gasteiger partial charge in [0, 0.05) is 5.25 Å². The fraction of sp³-hybridized carbons (Fsp3) is 1.00. The maximum atomic E-state index is 10.9. The predicted molar refractivity (Wildman–Crippen MR) is 46.8 cm³/mol. The van der Waals surface area contributed by atoms with Crippen molar-refractivity contribution in [2.24, 2.45) is 0 Å². The molecule has 0 aliphatic carbocycles. The van der Waals surface area contributed by atoms with Crippen LogP contribution in [0.1, 0.15) is 0 Å². The van der Waals surface area contributed by atoms with E-state index in [1.807, 2.05) is 0 Å². The molecule has 0 amide bonds. The molecule has 0 spiro atoms. The quantitative estimate of drug-likeness (QED) is 0.446. The van der Waals surface area contributed by atoms with Crippen molar-refractivity contribution in [2.75, 3.05) is 11.5 Å². The lowest BCUT2D eigenvalue weighted by Crippen LogP contribution is -2.28. The number of rotatable bonds is 1. The lowest BCUT2D eigenvalue weighted by atomic mass is 10.4. The van der Waals surface area contributed by atoms with E-state index < -0.39 is 36.2 Å². The van der Waals surface area contributed by atoms with E-state index in [-0.39, 0.29) is 5.75 Å². The molecule has 0 aromatic heterocycles. The molecule has 5 nitrogen and oxygen atoms in total. The number of hydrogen-bond acceptors (Lipinski definition) is 5. The Morgan fingerprint density at radius 3 is 2.00 bits per heavy atom. The average molecular weight is 232 g/mol. The van der Waals surface area contributed by atoms with Crippen LogP contribution in [0.15, 0.2) is 0 Å². The van der Waals surface area contributed by atoms with Gasteiger partial charge in [0.2, 0.25) is 0 Å². The Morgan fingerprint density at radius 2 is 1.83 bits per heavy atom. The summed E-state index contributed by atoms with van der Waals surface area (Å²) in [6, 6.07) is 0. The van der Waals surface area contributed by atoms with Gasteiger partial charge in [0.05, 0.1) is 11.5 Å². The molecule has 72 valence electrons. The van der Waals surface area contributed by atoms with Crippen molar-refractivity contribution >= 4 is 32.6 Å². The Morgan fingerprint density at radius 1 is 1.33 bits per heavy atom. The van der Waals surface area contributed by atoms with Crippen molar-refractivity contribution in [1.29, 1.82) is 0 Å². The molecule has 1 aliphatic rings. The molecule has 1 rings (SSSR count). The second-order valence-electron chi connectivity index (χ2n) is 2.70. The van der Waals surface area contributed by atoms with Gasteiger partial charge in [-0.25, -0.2) is 8.42 Å². The molecule has 0 aromatic carbocycles. The predicted octanol–water partition coefficient (Wildman–Crippen LogP) is -1.03. The minimum atomic E-state index is -4.28. The average Bonchev–Trinajstić information content (AvgIpc) is 2.03. The molecule has 0 saturated carbocycles. The van der Waals surface area contributed by atoms with E-state index in [1.54, 1.807) is 0 Å². The van der Waals surface area contributed by atoms with E-state index in [1.165, 1.54) is 0 Å². The lowest BCUT2D eigenvalue weighted by molar-refractivity contribution is 0.472. The van der Waals surface area contributed by atoms with Gasteiger partial charge in [-0.1, -0.05) is 0 Å². The molecule has 1 heterocycles. The minimum Gasteiger partial charge on any atom is -0.285 e. The normalized spacial score (nSPS) is 35.2. The minimum absolute atomic E-state index is 0.291. The molecule has 0 bridgehead atoms. The molecular weight excluding hydrogens is 224 g/mol. The van der Waals surface area contributed by atoms with Gasteiger partial charge in [-0.2, -0.15) is 21.0 Å². The second-order valence-corrected chi connectivity index (χ2v) is 7.15. The monoisotopic (exact) mass is 232 g/mol. The number of sulfone groups is 1. The van der Waals surface area contributed by atoms with Crippen LogP contribution in [0, 0.1) is 0 Å². The van der Waals surface area contributed by atoms with Crippen molar-refractivity contribution in [3.63, 3.8) is 0 Å². The molecule has 1 N–H and O–H groups in total. The van der Waals surface area contributed by atoms with Crippen molar-refractivity contribution in [2.45, 2.75) is 10.5 Å². The fourth-order valence-corrected chi connectivity index (χ4v) is 6.02. The van der Waals surface area contributed by atoms with E-state index in [9.17, 15) is 16.8 Å². The van der Waals surface area contributed by atoms with E-state index in [0.717, 1.165) is 0 Å². The van der Waals surface area contributed by atoms with Gasteiger partial charge in [-0.05, 0) is 0 Å². The zero-order valence-corrected chi connectivity index (χ0v) is 8.44. The van der Waals surface area contributed by atoms with Crippen molar-refractivity contribution in [3.8, 4) is 0 Å².